The number of benzene rings is 2. The Labute approximate surface area is 121 Å². The molecule has 0 saturated carbocycles. The quantitative estimate of drug-likeness (QED) is 0.685. The predicted octanol–water partition coefficient (Wildman–Crippen LogP) is 3.76. The van der Waals surface area contributed by atoms with E-state index in [2.05, 4.69) is 5.10 Å². The van der Waals surface area contributed by atoms with Gasteiger partial charge in [0, 0.05) is 18.4 Å². The third-order valence-electron chi connectivity index (χ3n) is 3.22. The number of nitrogens with zero attached hydrogens (tertiary/aromatic N) is 2. The second-order valence-electron chi connectivity index (χ2n) is 4.76. The van der Waals surface area contributed by atoms with Crippen LogP contribution in [0.5, 0.6) is 0 Å². The molecule has 3 rings (SSSR count). The van der Waals surface area contributed by atoms with E-state index in [1.165, 1.54) is 23.7 Å². The van der Waals surface area contributed by atoms with Gasteiger partial charge in [0.25, 0.3) is 0 Å². The number of Topliss-reactive ketones (excluding diaryl/α,β-unsaturated/α-hetero) is 1. The molecule has 3 nitrogen and oxygen atoms in total. The average Bonchev–Trinajstić information content (AvgIpc) is 2.88. The second kappa shape index (κ2) is 5.32. The van der Waals surface area contributed by atoms with Crippen molar-refractivity contribution in [2.45, 2.75) is 6.92 Å². The lowest BCUT2D eigenvalue weighted by atomic mass is 10.1. The molecule has 3 aromatic rings. The molecule has 0 atom stereocenters. The maximum Gasteiger partial charge on any atom is 0.178 e. The molecular formula is C17H13FN2O. The topological polar surface area (TPSA) is 34.9 Å². The number of ketones is 1. The van der Waals surface area contributed by atoms with Crippen molar-refractivity contribution in [3.63, 3.8) is 0 Å². The molecule has 0 bridgehead atoms. The minimum absolute atomic E-state index is 0.131. The van der Waals surface area contributed by atoms with Crippen LogP contribution in [0.2, 0.25) is 0 Å². The molecule has 0 spiro atoms. The molecule has 1 aromatic heterocycles. The Balaban J connectivity index is 2.19. The maximum atomic E-state index is 13.4. The first-order valence-electron chi connectivity index (χ1n) is 6.56. The zero-order valence-electron chi connectivity index (χ0n) is 11.5. The summed E-state index contributed by atoms with van der Waals surface area (Å²) in [6.45, 7) is 1.47. The smallest absolute Gasteiger partial charge is 0.178 e. The Hall–Kier alpha value is -2.75. The van der Waals surface area contributed by atoms with Gasteiger partial charge in [-0.05, 0) is 23.8 Å². The number of halogens is 1. The monoisotopic (exact) mass is 280 g/mol. The zero-order chi connectivity index (χ0) is 14.8. The maximum absolute atomic E-state index is 13.4. The lowest BCUT2D eigenvalue weighted by Crippen LogP contribution is -2.06. The van der Waals surface area contributed by atoms with Crippen LogP contribution in [0.4, 0.5) is 4.39 Å². The molecule has 0 aliphatic carbocycles. The standard InChI is InChI=1S/C17H13FN2O/c1-12(21)16(9-13-5-3-2-4-6-13)20-17-10-15(18)8-7-14(17)11-19-20/h2-11H,1H3/b16-9-. The van der Waals surface area contributed by atoms with Crippen molar-refractivity contribution in [1.29, 1.82) is 0 Å². The highest BCUT2D eigenvalue weighted by Gasteiger charge is 2.12. The normalized spacial score (nSPS) is 11.8. The molecule has 4 heteroatoms. The van der Waals surface area contributed by atoms with Crippen LogP contribution >= 0.6 is 0 Å². The molecule has 0 aliphatic heterocycles. The highest BCUT2D eigenvalue weighted by atomic mass is 19.1. The van der Waals surface area contributed by atoms with Crippen molar-refractivity contribution in [3.8, 4) is 0 Å². The Morgan fingerprint density at radius 3 is 2.67 bits per heavy atom. The lowest BCUT2D eigenvalue weighted by Gasteiger charge is -2.06. The molecule has 0 unspecified atom stereocenters. The van der Waals surface area contributed by atoms with Crippen LogP contribution in [-0.4, -0.2) is 15.6 Å². The fourth-order valence-corrected chi connectivity index (χ4v) is 2.20. The van der Waals surface area contributed by atoms with Crippen LogP contribution in [0.25, 0.3) is 22.7 Å². The molecule has 0 radical (unpaired) electrons. The van der Waals surface area contributed by atoms with Gasteiger partial charge < -0.3 is 0 Å². The second-order valence-corrected chi connectivity index (χ2v) is 4.76. The van der Waals surface area contributed by atoms with Gasteiger partial charge in [0.2, 0.25) is 0 Å². The first-order chi connectivity index (χ1) is 10.1. The fourth-order valence-electron chi connectivity index (χ4n) is 2.20. The van der Waals surface area contributed by atoms with E-state index in [4.69, 9.17) is 0 Å². The van der Waals surface area contributed by atoms with E-state index >= 15 is 0 Å². The summed E-state index contributed by atoms with van der Waals surface area (Å²) in [6, 6.07) is 13.9. The molecule has 0 N–H and O–H groups in total. The van der Waals surface area contributed by atoms with E-state index in [9.17, 15) is 9.18 Å². The first-order valence-corrected chi connectivity index (χ1v) is 6.56. The molecule has 0 fully saturated rings. The van der Waals surface area contributed by atoms with Crippen molar-refractivity contribution >= 4 is 28.5 Å². The van der Waals surface area contributed by atoms with Gasteiger partial charge in [0.1, 0.15) is 11.5 Å². The molecule has 104 valence electrons. The Kier molecular flexibility index (Phi) is 3.36. The number of hydrogen-bond acceptors (Lipinski definition) is 2. The largest absolute Gasteiger partial charge is 0.293 e. The number of fused-ring (bicyclic) bond motifs is 1. The number of aromatic nitrogens is 2. The molecule has 2 aromatic carbocycles. The van der Waals surface area contributed by atoms with E-state index in [0.717, 1.165) is 10.9 Å². The van der Waals surface area contributed by atoms with Crippen molar-refractivity contribution in [1.82, 2.24) is 9.78 Å². The molecule has 0 saturated heterocycles. The van der Waals surface area contributed by atoms with Gasteiger partial charge in [0.05, 0.1) is 11.7 Å². The summed E-state index contributed by atoms with van der Waals surface area (Å²) in [5, 5.41) is 5.00. The Bertz CT molecular complexity index is 834. The van der Waals surface area contributed by atoms with E-state index in [-0.39, 0.29) is 11.6 Å². The van der Waals surface area contributed by atoms with Crippen molar-refractivity contribution in [2.24, 2.45) is 0 Å². The van der Waals surface area contributed by atoms with Gasteiger partial charge in [-0.25, -0.2) is 9.07 Å². The first kappa shape index (κ1) is 13.2. The van der Waals surface area contributed by atoms with E-state index in [0.29, 0.717) is 11.2 Å². The van der Waals surface area contributed by atoms with Gasteiger partial charge in [0.15, 0.2) is 5.78 Å². The summed E-state index contributed by atoms with van der Waals surface area (Å²) in [6.07, 6.45) is 3.37. The van der Waals surface area contributed by atoms with Gasteiger partial charge >= 0.3 is 0 Å². The fraction of sp³-hybridized carbons (Fsp3) is 0.0588. The van der Waals surface area contributed by atoms with Gasteiger partial charge in [-0.15, -0.1) is 0 Å². The number of carbonyl (C=O) groups excluding carboxylic acids is 1. The van der Waals surface area contributed by atoms with Gasteiger partial charge in [-0.3, -0.25) is 4.79 Å². The number of carbonyl (C=O) groups is 1. The number of rotatable bonds is 3. The van der Waals surface area contributed by atoms with Crippen LogP contribution in [-0.2, 0) is 4.79 Å². The Morgan fingerprint density at radius 2 is 1.95 bits per heavy atom. The van der Waals surface area contributed by atoms with E-state index in [1.807, 2.05) is 30.3 Å². The van der Waals surface area contributed by atoms with Crippen LogP contribution in [0.1, 0.15) is 12.5 Å². The van der Waals surface area contributed by atoms with E-state index < -0.39 is 0 Å². The van der Waals surface area contributed by atoms with Gasteiger partial charge in [-0.2, -0.15) is 5.10 Å². The molecule has 21 heavy (non-hydrogen) atoms. The van der Waals surface area contributed by atoms with E-state index in [1.54, 1.807) is 18.3 Å². The van der Waals surface area contributed by atoms with Crippen molar-refractivity contribution < 1.29 is 9.18 Å². The highest BCUT2D eigenvalue weighted by molar-refractivity contribution is 6.19. The lowest BCUT2D eigenvalue weighted by molar-refractivity contribution is -0.112. The third-order valence-corrected chi connectivity index (χ3v) is 3.22. The predicted molar refractivity (Wildman–Crippen MR) is 81.0 cm³/mol. The number of hydrogen-bond donors (Lipinski definition) is 0. The van der Waals surface area contributed by atoms with Crippen molar-refractivity contribution in [3.05, 3.63) is 66.1 Å². The highest BCUT2D eigenvalue weighted by Crippen LogP contribution is 2.21. The van der Waals surface area contributed by atoms with Crippen LogP contribution in [0.3, 0.4) is 0 Å². The summed E-state index contributed by atoms with van der Waals surface area (Å²) < 4.78 is 14.9. The number of allylic oxidation sites excluding steroid dienone is 1. The van der Waals surface area contributed by atoms with Crippen molar-refractivity contribution in [2.75, 3.05) is 0 Å². The van der Waals surface area contributed by atoms with Gasteiger partial charge in [-0.1, -0.05) is 30.3 Å². The summed E-state index contributed by atoms with van der Waals surface area (Å²) >= 11 is 0. The zero-order valence-corrected chi connectivity index (χ0v) is 11.5. The molecule has 0 aliphatic rings. The summed E-state index contributed by atoms with van der Waals surface area (Å²) in [5.74, 6) is -0.486. The molecular weight excluding hydrogens is 267 g/mol. The Morgan fingerprint density at radius 1 is 1.19 bits per heavy atom. The molecule has 1 heterocycles. The summed E-state index contributed by atoms with van der Waals surface area (Å²) in [5.41, 5.74) is 1.87. The SMILES string of the molecule is CC(=O)/C(=C/c1ccccc1)n1ncc2ccc(F)cc21. The van der Waals surface area contributed by atoms with Crippen LogP contribution in [0, 0.1) is 5.82 Å². The molecule has 0 amide bonds. The third kappa shape index (κ3) is 2.60. The van der Waals surface area contributed by atoms with Crippen LogP contribution < -0.4 is 0 Å². The summed E-state index contributed by atoms with van der Waals surface area (Å²) in [4.78, 5) is 12.0. The minimum atomic E-state index is -0.355. The minimum Gasteiger partial charge on any atom is -0.293 e. The van der Waals surface area contributed by atoms with Crippen LogP contribution in [0.15, 0.2) is 54.7 Å². The average molecular weight is 280 g/mol. The summed E-state index contributed by atoms with van der Waals surface area (Å²) in [7, 11) is 0.